The van der Waals surface area contributed by atoms with Gasteiger partial charge in [-0.15, -0.1) is 0 Å². The van der Waals surface area contributed by atoms with Gasteiger partial charge in [-0.1, -0.05) is 113 Å². The van der Waals surface area contributed by atoms with Gasteiger partial charge >= 0.3 is 11.9 Å². The van der Waals surface area contributed by atoms with Gasteiger partial charge in [0, 0.05) is 12.8 Å². The van der Waals surface area contributed by atoms with Gasteiger partial charge in [0.05, 0.1) is 6.61 Å². The summed E-state index contributed by atoms with van der Waals surface area (Å²) < 4.78 is 10.5. The van der Waals surface area contributed by atoms with Crippen LogP contribution in [0.15, 0.2) is 60.8 Å². The molecule has 0 spiro atoms. The summed E-state index contributed by atoms with van der Waals surface area (Å²) >= 11 is 0. The van der Waals surface area contributed by atoms with Gasteiger partial charge in [-0.05, 0) is 70.6 Å². The van der Waals surface area contributed by atoms with Crippen molar-refractivity contribution in [3.05, 3.63) is 60.8 Å². The minimum atomic E-state index is -0.792. The van der Waals surface area contributed by atoms with Gasteiger partial charge in [-0.2, -0.15) is 0 Å². The Morgan fingerprint density at radius 1 is 0.585 bits per heavy atom. The van der Waals surface area contributed by atoms with Crippen molar-refractivity contribution in [2.75, 3.05) is 13.2 Å². The summed E-state index contributed by atoms with van der Waals surface area (Å²) in [6.45, 7) is 3.91. The molecule has 234 valence electrons. The van der Waals surface area contributed by atoms with Crippen molar-refractivity contribution >= 4 is 11.9 Å². The maximum absolute atomic E-state index is 12.1. The monoisotopic (exact) mass is 572 g/mol. The SMILES string of the molecule is CC/C=C\C/C=C\C/C=C\CCCCCC(=O)OC(CO)COC(=O)CCCCCCC/C=C\C/C=C\CCCC. The molecule has 0 amide bonds. The molecule has 0 aliphatic heterocycles. The van der Waals surface area contributed by atoms with E-state index < -0.39 is 6.10 Å². The molecule has 1 N–H and O–H groups in total. The molecule has 0 aromatic carbocycles. The van der Waals surface area contributed by atoms with Crippen LogP contribution in [0.5, 0.6) is 0 Å². The van der Waals surface area contributed by atoms with Gasteiger partial charge in [0.1, 0.15) is 6.61 Å². The molecule has 0 saturated carbocycles. The van der Waals surface area contributed by atoms with Crippen LogP contribution in [-0.2, 0) is 19.1 Å². The van der Waals surface area contributed by atoms with Gasteiger partial charge in [0.2, 0.25) is 0 Å². The lowest BCUT2D eigenvalue weighted by Gasteiger charge is -2.15. The number of hydrogen-bond donors (Lipinski definition) is 1. The van der Waals surface area contributed by atoms with E-state index in [1.165, 1.54) is 32.1 Å². The summed E-state index contributed by atoms with van der Waals surface area (Å²) in [4.78, 5) is 24.1. The van der Waals surface area contributed by atoms with Gasteiger partial charge in [-0.25, -0.2) is 0 Å². The number of aliphatic hydroxyl groups is 1. The molecule has 0 radical (unpaired) electrons. The predicted octanol–water partition coefficient (Wildman–Crippen LogP) is 9.67. The normalized spacial score (nSPS) is 13.0. The predicted molar refractivity (Wildman–Crippen MR) is 173 cm³/mol. The summed E-state index contributed by atoms with van der Waals surface area (Å²) in [7, 11) is 0. The quantitative estimate of drug-likeness (QED) is 0.0574. The number of ether oxygens (including phenoxy) is 2. The molecule has 0 aromatic rings. The lowest BCUT2D eigenvalue weighted by Crippen LogP contribution is -2.28. The Balaban J connectivity index is 3.69. The smallest absolute Gasteiger partial charge is 0.306 e. The minimum absolute atomic E-state index is 0.0880. The Morgan fingerprint density at radius 2 is 1.05 bits per heavy atom. The lowest BCUT2D eigenvalue weighted by atomic mass is 10.1. The summed E-state index contributed by atoms with van der Waals surface area (Å²) in [5.41, 5.74) is 0. The number of carbonyl (C=O) groups is 2. The average molecular weight is 573 g/mol. The fourth-order valence-electron chi connectivity index (χ4n) is 4.05. The molecule has 0 bridgehead atoms. The zero-order valence-electron chi connectivity index (χ0n) is 26.3. The molecule has 0 saturated heterocycles. The Bertz CT molecular complexity index is 747. The van der Waals surface area contributed by atoms with Crippen LogP contribution in [0.2, 0.25) is 0 Å². The van der Waals surface area contributed by atoms with E-state index in [9.17, 15) is 14.7 Å². The molecule has 1 atom stereocenters. The van der Waals surface area contributed by atoms with Crippen molar-refractivity contribution in [2.24, 2.45) is 0 Å². The second-order valence-electron chi connectivity index (χ2n) is 10.5. The van der Waals surface area contributed by atoms with Crippen LogP contribution in [0.4, 0.5) is 0 Å². The first kappa shape index (κ1) is 38.6. The van der Waals surface area contributed by atoms with Gasteiger partial charge in [0.25, 0.3) is 0 Å². The Labute approximate surface area is 251 Å². The second-order valence-corrected chi connectivity index (χ2v) is 10.5. The number of esters is 2. The van der Waals surface area contributed by atoms with Crippen molar-refractivity contribution in [1.82, 2.24) is 0 Å². The van der Waals surface area contributed by atoms with E-state index in [1.54, 1.807) is 0 Å². The van der Waals surface area contributed by atoms with E-state index in [2.05, 4.69) is 74.6 Å². The summed E-state index contributed by atoms with van der Waals surface area (Å²) in [5.74, 6) is -0.650. The molecule has 0 rings (SSSR count). The van der Waals surface area contributed by atoms with Crippen LogP contribution in [0.3, 0.4) is 0 Å². The number of aliphatic hydroxyl groups excluding tert-OH is 1. The first-order chi connectivity index (χ1) is 20.1. The molecule has 41 heavy (non-hydrogen) atoms. The fraction of sp³-hybridized carbons (Fsp3) is 0.667. The molecule has 0 aromatic heterocycles. The van der Waals surface area contributed by atoms with Crippen molar-refractivity contribution in [3.8, 4) is 0 Å². The first-order valence-corrected chi connectivity index (χ1v) is 16.3. The van der Waals surface area contributed by atoms with Crippen molar-refractivity contribution in [1.29, 1.82) is 0 Å². The molecule has 0 aliphatic carbocycles. The van der Waals surface area contributed by atoms with Crippen LogP contribution in [0.1, 0.15) is 136 Å². The highest BCUT2D eigenvalue weighted by Crippen LogP contribution is 2.10. The van der Waals surface area contributed by atoms with E-state index in [1.807, 2.05) is 0 Å². The Hall–Kier alpha value is -2.40. The molecular weight excluding hydrogens is 512 g/mol. The molecule has 5 heteroatoms. The van der Waals surface area contributed by atoms with E-state index in [0.29, 0.717) is 12.8 Å². The average Bonchev–Trinajstić information content (AvgIpc) is 2.97. The van der Waals surface area contributed by atoms with Crippen LogP contribution < -0.4 is 0 Å². The molecule has 1 unspecified atom stereocenters. The van der Waals surface area contributed by atoms with E-state index in [-0.39, 0.29) is 25.2 Å². The van der Waals surface area contributed by atoms with Crippen LogP contribution in [0.25, 0.3) is 0 Å². The van der Waals surface area contributed by atoms with Gasteiger partial charge in [-0.3, -0.25) is 9.59 Å². The molecular formula is C36H60O5. The molecule has 0 aliphatic rings. The van der Waals surface area contributed by atoms with Gasteiger partial charge in [0.15, 0.2) is 6.10 Å². The highest BCUT2D eigenvalue weighted by Gasteiger charge is 2.16. The third-order valence-electron chi connectivity index (χ3n) is 6.55. The summed E-state index contributed by atoms with van der Waals surface area (Å²) in [5, 5.41) is 9.49. The van der Waals surface area contributed by atoms with Crippen molar-refractivity contribution in [3.63, 3.8) is 0 Å². The molecule has 0 heterocycles. The molecule has 0 fully saturated rings. The second kappa shape index (κ2) is 32.1. The number of allylic oxidation sites excluding steroid dienone is 10. The van der Waals surface area contributed by atoms with E-state index in [0.717, 1.165) is 77.0 Å². The highest BCUT2D eigenvalue weighted by atomic mass is 16.6. The third-order valence-corrected chi connectivity index (χ3v) is 6.55. The number of carbonyl (C=O) groups excluding carboxylic acids is 2. The van der Waals surface area contributed by atoms with Crippen LogP contribution >= 0.6 is 0 Å². The number of unbranched alkanes of at least 4 members (excludes halogenated alkanes) is 10. The topological polar surface area (TPSA) is 72.8 Å². The minimum Gasteiger partial charge on any atom is -0.462 e. The van der Waals surface area contributed by atoms with E-state index >= 15 is 0 Å². The Kier molecular flexibility index (Phi) is 30.2. The molecule has 5 nitrogen and oxygen atoms in total. The fourth-order valence-corrected chi connectivity index (χ4v) is 4.05. The standard InChI is InChI=1S/C36H60O5/c1-3-5-7-9-11-13-15-17-19-20-22-24-26-28-30-35(38)40-33-34(32-37)41-36(39)31-29-27-25-23-21-18-16-14-12-10-8-6-4-2/h6,8-9,11-12,14-15,17-18,21,34,37H,3-5,7,10,13,16,19-20,22-33H2,1-2H3/b8-6-,11-9-,14-12-,17-15-,21-18-. The van der Waals surface area contributed by atoms with Crippen molar-refractivity contribution in [2.45, 2.75) is 142 Å². The zero-order valence-corrected chi connectivity index (χ0v) is 26.3. The first-order valence-electron chi connectivity index (χ1n) is 16.3. The maximum Gasteiger partial charge on any atom is 0.306 e. The summed E-state index contributed by atoms with van der Waals surface area (Å²) in [6.07, 6.45) is 39.8. The lowest BCUT2D eigenvalue weighted by molar-refractivity contribution is -0.161. The maximum atomic E-state index is 12.1. The van der Waals surface area contributed by atoms with Crippen molar-refractivity contribution < 1.29 is 24.2 Å². The third kappa shape index (κ3) is 30.4. The van der Waals surface area contributed by atoms with Crippen LogP contribution in [0, 0.1) is 0 Å². The summed E-state index contributed by atoms with van der Waals surface area (Å²) in [6, 6.07) is 0. The van der Waals surface area contributed by atoms with Gasteiger partial charge < -0.3 is 14.6 Å². The highest BCUT2D eigenvalue weighted by molar-refractivity contribution is 5.70. The zero-order chi connectivity index (χ0) is 30.1. The largest absolute Gasteiger partial charge is 0.462 e. The number of rotatable bonds is 28. The van der Waals surface area contributed by atoms with Crippen LogP contribution in [-0.4, -0.2) is 36.4 Å². The number of hydrogen-bond acceptors (Lipinski definition) is 5. The Morgan fingerprint density at radius 3 is 1.61 bits per heavy atom. The van der Waals surface area contributed by atoms with E-state index in [4.69, 9.17) is 9.47 Å².